The standard InChI is InChI=1S/C15H20O4/c1-5-9(2)15(16)19-13-7-6-11(17-4)8-12(13)14-10(3)18-14/h6-10,14H,5H2,1-4H3/t9-,10-,14-/m1/s1. The van der Waals surface area contributed by atoms with Crippen LogP contribution in [0.2, 0.25) is 0 Å². The van der Waals surface area contributed by atoms with Gasteiger partial charge in [-0.15, -0.1) is 0 Å². The van der Waals surface area contributed by atoms with E-state index in [1.165, 1.54) is 0 Å². The van der Waals surface area contributed by atoms with Gasteiger partial charge >= 0.3 is 5.97 Å². The van der Waals surface area contributed by atoms with Gasteiger partial charge in [-0.05, 0) is 31.5 Å². The number of hydrogen-bond donors (Lipinski definition) is 0. The van der Waals surface area contributed by atoms with E-state index in [1.54, 1.807) is 19.2 Å². The third kappa shape index (κ3) is 3.07. The summed E-state index contributed by atoms with van der Waals surface area (Å²) in [5, 5.41) is 0. The lowest BCUT2D eigenvalue weighted by molar-refractivity contribution is -0.138. The van der Waals surface area contributed by atoms with Gasteiger partial charge in [0.05, 0.1) is 19.1 Å². The molecule has 3 atom stereocenters. The number of hydrogen-bond acceptors (Lipinski definition) is 4. The Morgan fingerprint density at radius 1 is 1.47 bits per heavy atom. The minimum atomic E-state index is -0.206. The minimum Gasteiger partial charge on any atom is -0.497 e. The van der Waals surface area contributed by atoms with E-state index in [0.717, 1.165) is 17.7 Å². The quantitative estimate of drug-likeness (QED) is 0.466. The maximum atomic E-state index is 11.9. The predicted octanol–water partition coefficient (Wildman–Crippen LogP) is 3.11. The summed E-state index contributed by atoms with van der Waals surface area (Å²) in [6, 6.07) is 5.42. The van der Waals surface area contributed by atoms with Crippen molar-refractivity contribution in [1.29, 1.82) is 0 Å². The number of benzene rings is 1. The molecule has 0 saturated carbocycles. The van der Waals surface area contributed by atoms with Crippen LogP contribution < -0.4 is 9.47 Å². The Labute approximate surface area is 113 Å². The maximum Gasteiger partial charge on any atom is 0.314 e. The highest BCUT2D eigenvalue weighted by molar-refractivity contribution is 5.75. The van der Waals surface area contributed by atoms with E-state index in [4.69, 9.17) is 14.2 Å². The largest absolute Gasteiger partial charge is 0.497 e. The summed E-state index contributed by atoms with van der Waals surface area (Å²) in [6.45, 7) is 5.82. The van der Waals surface area contributed by atoms with Gasteiger partial charge in [0.1, 0.15) is 17.6 Å². The second-order valence-corrected chi connectivity index (χ2v) is 4.90. The average molecular weight is 264 g/mol. The van der Waals surface area contributed by atoms with Crippen LogP contribution in [-0.2, 0) is 9.53 Å². The molecule has 104 valence electrons. The van der Waals surface area contributed by atoms with Crippen molar-refractivity contribution >= 4 is 5.97 Å². The van der Waals surface area contributed by atoms with Crippen molar-refractivity contribution in [2.75, 3.05) is 7.11 Å². The van der Waals surface area contributed by atoms with Gasteiger partial charge in [-0.2, -0.15) is 0 Å². The highest BCUT2D eigenvalue weighted by Crippen LogP contribution is 2.44. The first-order chi connectivity index (χ1) is 9.06. The van der Waals surface area contributed by atoms with Crippen LogP contribution >= 0.6 is 0 Å². The van der Waals surface area contributed by atoms with Crippen molar-refractivity contribution in [3.8, 4) is 11.5 Å². The zero-order valence-electron chi connectivity index (χ0n) is 11.8. The molecule has 0 bridgehead atoms. The summed E-state index contributed by atoms with van der Waals surface area (Å²) in [7, 11) is 1.61. The number of esters is 1. The minimum absolute atomic E-state index is 0.00478. The molecule has 0 unspecified atom stereocenters. The first-order valence-electron chi connectivity index (χ1n) is 6.61. The van der Waals surface area contributed by atoms with E-state index in [0.29, 0.717) is 5.75 Å². The normalized spacial score (nSPS) is 22.7. The lowest BCUT2D eigenvalue weighted by atomic mass is 10.1. The molecule has 1 heterocycles. The van der Waals surface area contributed by atoms with Crippen molar-refractivity contribution in [3.63, 3.8) is 0 Å². The molecule has 1 aromatic rings. The number of methoxy groups -OCH3 is 1. The molecule has 1 aliphatic rings. The van der Waals surface area contributed by atoms with Crippen LogP contribution in [0, 0.1) is 5.92 Å². The highest BCUT2D eigenvalue weighted by Gasteiger charge is 2.38. The zero-order chi connectivity index (χ0) is 14.0. The molecular weight excluding hydrogens is 244 g/mol. The van der Waals surface area contributed by atoms with Crippen LogP contribution in [0.25, 0.3) is 0 Å². The first-order valence-corrected chi connectivity index (χ1v) is 6.61. The Kier molecular flexibility index (Phi) is 4.10. The SMILES string of the molecule is CC[C@@H](C)C(=O)Oc1ccc(OC)cc1[C@@H]1O[C@@H]1C. The van der Waals surface area contributed by atoms with Gasteiger partial charge in [0.15, 0.2) is 0 Å². The van der Waals surface area contributed by atoms with Crippen LogP contribution in [0.15, 0.2) is 18.2 Å². The lowest BCUT2D eigenvalue weighted by Gasteiger charge is -2.13. The summed E-state index contributed by atoms with van der Waals surface area (Å²) < 4.78 is 16.1. The Hall–Kier alpha value is -1.55. The molecule has 19 heavy (non-hydrogen) atoms. The Morgan fingerprint density at radius 3 is 2.68 bits per heavy atom. The molecular formula is C15H20O4. The summed E-state index contributed by atoms with van der Waals surface area (Å²) in [6.07, 6.45) is 0.920. The number of rotatable bonds is 5. The predicted molar refractivity (Wildman–Crippen MR) is 71.4 cm³/mol. The second kappa shape index (κ2) is 5.61. The van der Waals surface area contributed by atoms with E-state index >= 15 is 0 Å². The van der Waals surface area contributed by atoms with Crippen molar-refractivity contribution in [2.24, 2.45) is 5.92 Å². The van der Waals surface area contributed by atoms with Crippen LogP contribution in [0.5, 0.6) is 11.5 Å². The molecule has 2 rings (SSSR count). The Morgan fingerprint density at radius 2 is 2.16 bits per heavy atom. The maximum absolute atomic E-state index is 11.9. The summed E-state index contributed by atoms with van der Waals surface area (Å²) in [5.74, 6) is 0.996. The fourth-order valence-corrected chi connectivity index (χ4v) is 1.86. The summed E-state index contributed by atoms with van der Waals surface area (Å²) >= 11 is 0. The number of epoxide rings is 1. The summed E-state index contributed by atoms with van der Waals surface area (Å²) in [4.78, 5) is 11.9. The Bertz CT molecular complexity index is 469. The van der Waals surface area contributed by atoms with Gasteiger partial charge < -0.3 is 14.2 Å². The van der Waals surface area contributed by atoms with Crippen LogP contribution in [-0.4, -0.2) is 19.2 Å². The molecule has 0 aromatic heterocycles. The molecule has 0 spiro atoms. The van der Waals surface area contributed by atoms with E-state index in [1.807, 2.05) is 26.8 Å². The van der Waals surface area contributed by atoms with Gasteiger partial charge in [-0.3, -0.25) is 4.79 Å². The first kappa shape index (κ1) is 13.9. The summed E-state index contributed by atoms with van der Waals surface area (Å²) in [5.41, 5.74) is 0.878. The molecule has 1 fully saturated rings. The number of ether oxygens (including phenoxy) is 3. The second-order valence-electron chi connectivity index (χ2n) is 4.90. The van der Waals surface area contributed by atoms with E-state index in [-0.39, 0.29) is 24.1 Å². The number of carbonyl (C=O) groups is 1. The molecule has 0 N–H and O–H groups in total. The van der Waals surface area contributed by atoms with Crippen molar-refractivity contribution in [1.82, 2.24) is 0 Å². The molecule has 0 aliphatic carbocycles. The molecule has 0 amide bonds. The average Bonchev–Trinajstić information content (AvgIpc) is 3.15. The molecule has 1 aromatic carbocycles. The van der Waals surface area contributed by atoms with E-state index in [2.05, 4.69) is 0 Å². The smallest absolute Gasteiger partial charge is 0.314 e. The van der Waals surface area contributed by atoms with Crippen LogP contribution in [0.3, 0.4) is 0 Å². The fourth-order valence-electron chi connectivity index (χ4n) is 1.86. The lowest BCUT2D eigenvalue weighted by Crippen LogP contribution is -2.17. The van der Waals surface area contributed by atoms with E-state index < -0.39 is 0 Å². The molecule has 1 saturated heterocycles. The van der Waals surface area contributed by atoms with Gasteiger partial charge in [0.2, 0.25) is 0 Å². The topological polar surface area (TPSA) is 48.1 Å². The molecule has 4 heteroatoms. The van der Waals surface area contributed by atoms with Crippen molar-refractivity contribution < 1.29 is 19.0 Å². The van der Waals surface area contributed by atoms with Gasteiger partial charge in [-0.25, -0.2) is 0 Å². The van der Waals surface area contributed by atoms with Gasteiger partial charge in [0.25, 0.3) is 0 Å². The highest BCUT2D eigenvalue weighted by atomic mass is 16.6. The monoisotopic (exact) mass is 264 g/mol. The Balaban J connectivity index is 2.22. The van der Waals surface area contributed by atoms with Crippen LogP contribution in [0.4, 0.5) is 0 Å². The van der Waals surface area contributed by atoms with E-state index in [9.17, 15) is 4.79 Å². The van der Waals surface area contributed by atoms with Gasteiger partial charge in [-0.1, -0.05) is 13.8 Å². The third-order valence-electron chi connectivity index (χ3n) is 3.46. The van der Waals surface area contributed by atoms with Crippen molar-refractivity contribution in [3.05, 3.63) is 23.8 Å². The molecule has 4 nitrogen and oxygen atoms in total. The zero-order valence-corrected chi connectivity index (χ0v) is 11.8. The van der Waals surface area contributed by atoms with Crippen LogP contribution in [0.1, 0.15) is 38.9 Å². The fraction of sp³-hybridized carbons (Fsp3) is 0.533. The third-order valence-corrected chi connectivity index (χ3v) is 3.46. The molecule has 1 aliphatic heterocycles. The van der Waals surface area contributed by atoms with Gasteiger partial charge in [0, 0.05) is 5.56 Å². The molecule has 0 radical (unpaired) electrons. The van der Waals surface area contributed by atoms with Crippen molar-refractivity contribution in [2.45, 2.75) is 39.4 Å². The number of carbonyl (C=O) groups excluding carboxylic acids is 1.